The number of hydrogen-bond acceptors (Lipinski definition) is 9. The molecule has 194 valence electrons. The Hall–Kier alpha value is -3.31. The van der Waals surface area contributed by atoms with Crippen LogP contribution in [-0.4, -0.2) is 33.3 Å². The Morgan fingerprint density at radius 3 is 2.84 bits per heavy atom. The second-order valence-electron chi connectivity index (χ2n) is 7.80. The van der Waals surface area contributed by atoms with Gasteiger partial charge in [-0.05, 0) is 42.8 Å². The third-order valence-electron chi connectivity index (χ3n) is 5.21. The van der Waals surface area contributed by atoms with Gasteiger partial charge < -0.3 is 13.8 Å². The van der Waals surface area contributed by atoms with E-state index in [-0.39, 0.29) is 28.5 Å². The van der Waals surface area contributed by atoms with E-state index in [1.807, 2.05) is 0 Å². The molecule has 2 aromatic heterocycles. The van der Waals surface area contributed by atoms with Crippen molar-refractivity contribution in [1.29, 1.82) is 0 Å². The number of pyridine rings is 1. The summed E-state index contributed by atoms with van der Waals surface area (Å²) in [7, 11) is -4.42. The molecule has 37 heavy (non-hydrogen) atoms. The summed E-state index contributed by atoms with van der Waals surface area (Å²) < 4.78 is 37.4. The Bertz CT molecular complexity index is 1490. The number of H-pyrrole nitrogens is 1. The number of phosphoric ester groups is 1. The first kappa shape index (κ1) is 26.7. The summed E-state index contributed by atoms with van der Waals surface area (Å²) in [6, 6.07) is 6.50. The molecule has 1 fully saturated rings. The standard InChI is InChI=1S/C21H19Cl2N6O7P/c1-12-10-29(21(31)26-20(12)30)19-8-16(27-28-24)18(34-19)11-33-37(32,35-14-3-2-6-25-9-14)36-17-5-4-13(22)7-15(17)23/h2-7,9-10,16,18-19H,8,11H2,1H3,(H,26,30,31)/t16?,18-,19-,37?/m1/s1. The van der Waals surface area contributed by atoms with E-state index in [0.29, 0.717) is 5.02 Å². The van der Waals surface area contributed by atoms with Gasteiger partial charge in [0.25, 0.3) is 5.56 Å². The molecule has 1 saturated heterocycles. The molecule has 2 unspecified atom stereocenters. The maximum atomic E-state index is 13.7. The molecule has 0 bridgehead atoms. The summed E-state index contributed by atoms with van der Waals surface area (Å²) in [6.45, 7) is 1.11. The molecule has 1 aliphatic rings. The number of aromatic nitrogens is 3. The number of phosphoric acid groups is 1. The van der Waals surface area contributed by atoms with E-state index in [1.54, 1.807) is 6.07 Å². The lowest BCUT2D eigenvalue weighted by atomic mass is 10.1. The molecule has 0 amide bonds. The first-order valence-corrected chi connectivity index (χ1v) is 12.9. The van der Waals surface area contributed by atoms with Crippen molar-refractivity contribution in [3.8, 4) is 11.5 Å². The van der Waals surface area contributed by atoms with Gasteiger partial charge in [-0.1, -0.05) is 28.3 Å². The number of nitrogens with one attached hydrogen (secondary N) is 1. The Morgan fingerprint density at radius 2 is 2.14 bits per heavy atom. The number of nitrogens with zero attached hydrogens (tertiary/aromatic N) is 5. The van der Waals surface area contributed by atoms with Crippen LogP contribution in [0.2, 0.25) is 10.0 Å². The SMILES string of the molecule is Cc1cn([C@H]2CC(N=[N+]=[N-])[C@@H](COP(=O)(Oc3cccnc3)Oc3ccc(Cl)cc3Cl)O2)c(=O)[nH]c1=O. The van der Waals surface area contributed by atoms with E-state index in [1.165, 1.54) is 54.3 Å². The Labute approximate surface area is 219 Å². The fourth-order valence-electron chi connectivity index (χ4n) is 3.46. The normalized spacial score (nSPS) is 20.6. The van der Waals surface area contributed by atoms with E-state index in [4.69, 9.17) is 47.0 Å². The van der Waals surface area contributed by atoms with Crippen LogP contribution in [-0.2, 0) is 13.8 Å². The fraction of sp³-hybridized carbons (Fsp3) is 0.286. The van der Waals surface area contributed by atoms with E-state index >= 15 is 0 Å². The topological polar surface area (TPSA) is 170 Å². The van der Waals surface area contributed by atoms with Gasteiger partial charge in [0.2, 0.25) is 0 Å². The maximum Gasteiger partial charge on any atom is 0.587 e. The summed E-state index contributed by atoms with van der Waals surface area (Å²) in [5.41, 5.74) is 8.07. The Morgan fingerprint density at radius 1 is 1.32 bits per heavy atom. The van der Waals surface area contributed by atoms with Crippen LogP contribution in [0.4, 0.5) is 0 Å². The van der Waals surface area contributed by atoms with E-state index in [2.05, 4.69) is 20.0 Å². The first-order chi connectivity index (χ1) is 17.7. The van der Waals surface area contributed by atoms with Gasteiger partial charge in [-0.2, -0.15) is 0 Å². The van der Waals surface area contributed by atoms with Crippen LogP contribution in [0.3, 0.4) is 0 Å². The minimum absolute atomic E-state index is 0.0228. The van der Waals surface area contributed by atoms with Crippen LogP contribution in [0.1, 0.15) is 18.2 Å². The molecule has 13 nitrogen and oxygen atoms in total. The Balaban J connectivity index is 1.58. The van der Waals surface area contributed by atoms with Crippen LogP contribution in [0.5, 0.6) is 11.5 Å². The summed E-state index contributed by atoms with van der Waals surface area (Å²) in [5, 5.41) is 4.10. The van der Waals surface area contributed by atoms with Crippen molar-refractivity contribution in [3.05, 3.63) is 95.8 Å². The molecule has 0 radical (unpaired) electrons. The highest BCUT2D eigenvalue weighted by atomic mass is 35.5. The number of rotatable bonds is 9. The summed E-state index contributed by atoms with van der Waals surface area (Å²) in [4.78, 5) is 32.9. The molecule has 3 heterocycles. The van der Waals surface area contributed by atoms with Gasteiger partial charge >= 0.3 is 13.5 Å². The largest absolute Gasteiger partial charge is 0.587 e. The number of ether oxygens (including phenoxy) is 1. The smallest absolute Gasteiger partial charge is 0.393 e. The number of benzene rings is 1. The number of hydrogen-bond donors (Lipinski definition) is 1. The second-order valence-corrected chi connectivity index (χ2v) is 10.2. The highest BCUT2D eigenvalue weighted by Crippen LogP contribution is 2.51. The van der Waals surface area contributed by atoms with Gasteiger partial charge in [-0.3, -0.25) is 23.9 Å². The van der Waals surface area contributed by atoms with Crippen molar-refractivity contribution >= 4 is 31.0 Å². The average molecular weight is 569 g/mol. The summed E-state index contributed by atoms with van der Waals surface area (Å²) in [6.07, 6.45) is 2.38. The van der Waals surface area contributed by atoms with Crippen molar-refractivity contribution in [2.24, 2.45) is 5.11 Å². The minimum atomic E-state index is -4.42. The van der Waals surface area contributed by atoms with Gasteiger partial charge in [-0.25, -0.2) is 9.36 Å². The molecular formula is C21H19Cl2N6O7P. The third-order valence-corrected chi connectivity index (χ3v) is 7.06. The fourth-order valence-corrected chi connectivity index (χ4v) is 5.20. The third kappa shape index (κ3) is 6.53. The molecule has 16 heteroatoms. The van der Waals surface area contributed by atoms with Gasteiger partial charge in [0.1, 0.15) is 6.23 Å². The molecule has 3 aromatic rings. The van der Waals surface area contributed by atoms with Crippen molar-refractivity contribution in [1.82, 2.24) is 14.5 Å². The van der Waals surface area contributed by atoms with Crippen LogP contribution >= 0.6 is 31.0 Å². The molecule has 0 spiro atoms. The monoisotopic (exact) mass is 568 g/mol. The van der Waals surface area contributed by atoms with Crippen LogP contribution in [0.25, 0.3) is 10.4 Å². The van der Waals surface area contributed by atoms with Gasteiger partial charge in [0, 0.05) is 34.3 Å². The zero-order valence-electron chi connectivity index (χ0n) is 19.1. The van der Waals surface area contributed by atoms with Gasteiger partial charge in [-0.15, -0.1) is 0 Å². The lowest BCUT2D eigenvalue weighted by Crippen LogP contribution is -2.33. The predicted molar refractivity (Wildman–Crippen MR) is 133 cm³/mol. The molecule has 4 atom stereocenters. The van der Waals surface area contributed by atoms with Crippen molar-refractivity contribution < 1.29 is 22.9 Å². The zero-order chi connectivity index (χ0) is 26.6. The first-order valence-electron chi connectivity index (χ1n) is 10.7. The maximum absolute atomic E-state index is 13.7. The van der Waals surface area contributed by atoms with Crippen molar-refractivity contribution in [2.75, 3.05) is 6.61 Å². The zero-order valence-corrected chi connectivity index (χ0v) is 21.5. The second kappa shape index (κ2) is 11.4. The number of halogens is 2. The molecule has 0 saturated carbocycles. The molecule has 1 aliphatic heterocycles. The highest BCUT2D eigenvalue weighted by molar-refractivity contribution is 7.49. The minimum Gasteiger partial charge on any atom is -0.393 e. The quantitative estimate of drug-likeness (QED) is 0.166. The van der Waals surface area contributed by atoms with Crippen LogP contribution < -0.4 is 20.3 Å². The molecule has 0 aliphatic carbocycles. The number of aryl methyl sites for hydroxylation is 1. The summed E-state index contributed by atoms with van der Waals surface area (Å²) in [5.74, 6) is 0.0633. The van der Waals surface area contributed by atoms with E-state index in [0.717, 1.165) is 0 Å². The molecule has 1 aromatic carbocycles. The molecule has 4 rings (SSSR count). The summed E-state index contributed by atoms with van der Waals surface area (Å²) >= 11 is 12.1. The highest BCUT2D eigenvalue weighted by Gasteiger charge is 2.40. The van der Waals surface area contributed by atoms with Crippen molar-refractivity contribution in [2.45, 2.75) is 31.7 Å². The van der Waals surface area contributed by atoms with Gasteiger partial charge in [0.15, 0.2) is 11.5 Å². The van der Waals surface area contributed by atoms with Crippen molar-refractivity contribution in [3.63, 3.8) is 0 Å². The number of aromatic amines is 1. The van der Waals surface area contributed by atoms with E-state index < -0.39 is 44.1 Å². The van der Waals surface area contributed by atoms with Crippen LogP contribution in [0, 0.1) is 6.92 Å². The number of azide groups is 1. The lowest BCUT2D eigenvalue weighted by Gasteiger charge is -2.22. The van der Waals surface area contributed by atoms with Crippen LogP contribution in [0.15, 0.2) is 63.6 Å². The lowest BCUT2D eigenvalue weighted by molar-refractivity contribution is -0.0260. The average Bonchev–Trinajstić information content (AvgIpc) is 3.25. The molecular weight excluding hydrogens is 550 g/mol. The predicted octanol–water partition coefficient (Wildman–Crippen LogP) is 4.80. The molecule has 1 N–H and O–H groups in total. The van der Waals surface area contributed by atoms with Gasteiger partial charge in [0.05, 0.1) is 30.0 Å². The van der Waals surface area contributed by atoms with E-state index in [9.17, 15) is 14.2 Å². The Kier molecular flexibility index (Phi) is 8.23.